The van der Waals surface area contributed by atoms with Gasteiger partial charge >= 0.3 is 0 Å². The van der Waals surface area contributed by atoms with Crippen molar-refractivity contribution in [2.45, 2.75) is 25.9 Å². The molecule has 0 aromatic carbocycles. The molecule has 0 aliphatic heterocycles. The molecular formula is C13H16BrFN4. The molecule has 1 unspecified atom stereocenters. The Kier molecular flexibility index (Phi) is 4.31. The van der Waals surface area contributed by atoms with E-state index in [9.17, 15) is 4.39 Å². The molecule has 0 fully saturated rings. The van der Waals surface area contributed by atoms with Crippen LogP contribution >= 0.6 is 15.9 Å². The largest absolute Gasteiger partial charge is 0.307 e. The van der Waals surface area contributed by atoms with Crippen molar-refractivity contribution in [1.29, 1.82) is 0 Å². The van der Waals surface area contributed by atoms with Crippen LogP contribution in [0.3, 0.4) is 0 Å². The molecule has 0 amide bonds. The Morgan fingerprint density at radius 1 is 1.32 bits per heavy atom. The van der Waals surface area contributed by atoms with Crippen molar-refractivity contribution in [2.24, 2.45) is 0 Å². The minimum absolute atomic E-state index is 0.139. The van der Waals surface area contributed by atoms with E-state index in [-0.39, 0.29) is 17.9 Å². The Balaban J connectivity index is 2.47. The number of rotatable bonds is 4. The van der Waals surface area contributed by atoms with E-state index < -0.39 is 0 Å². The highest BCUT2D eigenvalue weighted by Crippen LogP contribution is 2.29. The van der Waals surface area contributed by atoms with Crippen LogP contribution in [-0.4, -0.2) is 21.8 Å². The van der Waals surface area contributed by atoms with Crippen molar-refractivity contribution < 1.29 is 4.39 Å². The van der Waals surface area contributed by atoms with E-state index >= 15 is 0 Å². The van der Waals surface area contributed by atoms with Gasteiger partial charge in [0.15, 0.2) is 0 Å². The lowest BCUT2D eigenvalue weighted by Gasteiger charge is -2.20. The van der Waals surface area contributed by atoms with Gasteiger partial charge in [-0.15, -0.1) is 0 Å². The predicted octanol–water partition coefficient (Wildman–Crippen LogP) is 3.07. The topological polar surface area (TPSA) is 42.7 Å². The maximum absolute atomic E-state index is 13.0. The van der Waals surface area contributed by atoms with Crippen LogP contribution in [0.25, 0.3) is 0 Å². The fourth-order valence-electron chi connectivity index (χ4n) is 2.02. The molecule has 1 N–H and O–H groups in total. The smallest absolute Gasteiger partial charge is 0.141 e. The summed E-state index contributed by atoms with van der Waals surface area (Å²) in [6, 6.07) is 3.19. The molecule has 0 bridgehead atoms. The highest BCUT2D eigenvalue weighted by molar-refractivity contribution is 9.10. The van der Waals surface area contributed by atoms with Crippen LogP contribution < -0.4 is 5.32 Å². The Morgan fingerprint density at radius 2 is 2.05 bits per heavy atom. The molecule has 0 spiro atoms. The Labute approximate surface area is 120 Å². The monoisotopic (exact) mass is 326 g/mol. The van der Waals surface area contributed by atoms with Gasteiger partial charge in [-0.2, -0.15) is 5.10 Å². The quantitative estimate of drug-likeness (QED) is 0.938. The summed E-state index contributed by atoms with van der Waals surface area (Å²) in [5.41, 5.74) is 1.74. The third kappa shape index (κ3) is 2.84. The van der Waals surface area contributed by atoms with Crippen LogP contribution in [0.1, 0.15) is 37.3 Å². The second-order valence-corrected chi connectivity index (χ2v) is 5.39. The molecular weight excluding hydrogens is 311 g/mol. The summed E-state index contributed by atoms with van der Waals surface area (Å²) in [6.45, 7) is 4.13. The summed E-state index contributed by atoms with van der Waals surface area (Å²) < 4.78 is 15.8. The van der Waals surface area contributed by atoms with Gasteiger partial charge in [-0.1, -0.05) is 0 Å². The molecule has 102 valence electrons. The Bertz CT molecular complexity index is 550. The number of halogens is 2. The van der Waals surface area contributed by atoms with Gasteiger partial charge < -0.3 is 5.32 Å². The molecule has 2 rings (SSSR count). The summed E-state index contributed by atoms with van der Waals surface area (Å²) in [5.74, 6) is -0.338. The molecule has 0 radical (unpaired) electrons. The second-order valence-electron chi connectivity index (χ2n) is 4.54. The first-order valence-corrected chi connectivity index (χ1v) is 6.85. The average molecular weight is 327 g/mol. The van der Waals surface area contributed by atoms with Gasteiger partial charge in [-0.05, 0) is 49.0 Å². The van der Waals surface area contributed by atoms with Gasteiger partial charge in [0.25, 0.3) is 0 Å². The lowest BCUT2D eigenvalue weighted by Crippen LogP contribution is -2.23. The number of aromatic nitrogens is 3. The van der Waals surface area contributed by atoms with Crippen molar-refractivity contribution in [1.82, 2.24) is 20.1 Å². The maximum Gasteiger partial charge on any atom is 0.141 e. The van der Waals surface area contributed by atoms with E-state index in [2.05, 4.69) is 45.2 Å². The first-order valence-electron chi connectivity index (χ1n) is 6.06. The van der Waals surface area contributed by atoms with Crippen molar-refractivity contribution in [3.8, 4) is 0 Å². The first kappa shape index (κ1) is 14.1. The van der Waals surface area contributed by atoms with Gasteiger partial charge in [0.2, 0.25) is 0 Å². The lowest BCUT2D eigenvalue weighted by atomic mass is 10.1. The maximum atomic E-state index is 13.0. The molecule has 2 aromatic heterocycles. The van der Waals surface area contributed by atoms with Crippen LogP contribution in [0, 0.1) is 5.82 Å². The highest BCUT2D eigenvalue weighted by atomic mass is 79.9. The molecule has 19 heavy (non-hydrogen) atoms. The van der Waals surface area contributed by atoms with Gasteiger partial charge in [0.05, 0.1) is 34.3 Å². The third-order valence-electron chi connectivity index (χ3n) is 2.88. The van der Waals surface area contributed by atoms with Crippen molar-refractivity contribution in [3.05, 3.63) is 46.2 Å². The zero-order valence-electron chi connectivity index (χ0n) is 11.1. The molecule has 2 aromatic rings. The van der Waals surface area contributed by atoms with Crippen LogP contribution in [0.5, 0.6) is 0 Å². The number of hydrogen-bond acceptors (Lipinski definition) is 3. The molecule has 2 heterocycles. The minimum atomic E-state index is -0.338. The fourth-order valence-corrected chi connectivity index (χ4v) is 2.52. The average Bonchev–Trinajstić information content (AvgIpc) is 2.75. The summed E-state index contributed by atoms with van der Waals surface area (Å²) >= 11 is 3.51. The van der Waals surface area contributed by atoms with E-state index in [1.54, 1.807) is 12.3 Å². The zero-order valence-corrected chi connectivity index (χ0v) is 12.6. The summed E-state index contributed by atoms with van der Waals surface area (Å²) in [6.07, 6.45) is 2.99. The number of pyridine rings is 1. The van der Waals surface area contributed by atoms with Gasteiger partial charge in [0.1, 0.15) is 5.82 Å². The predicted molar refractivity (Wildman–Crippen MR) is 75.4 cm³/mol. The number of nitrogens with zero attached hydrogens (tertiary/aromatic N) is 3. The van der Waals surface area contributed by atoms with Gasteiger partial charge in [-0.25, -0.2) is 4.39 Å². The van der Waals surface area contributed by atoms with E-state index in [0.717, 1.165) is 15.9 Å². The van der Waals surface area contributed by atoms with Gasteiger partial charge in [-0.3, -0.25) is 9.67 Å². The van der Waals surface area contributed by atoms with Crippen LogP contribution in [0.4, 0.5) is 4.39 Å². The Hall–Kier alpha value is -1.27. The molecule has 0 aliphatic rings. The molecule has 0 saturated carbocycles. The van der Waals surface area contributed by atoms with Crippen LogP contribution in [-0.2, 0) is 0 Å². The van der Waals surface area contributed by atoms with E-state index in [1.807, 2.05) is 11.7 Å². The number of hydrogen-bond donors (Lipinski definition) is 1. The second kappa shape index (κ2) is 5.79. The Morgan fingerprint density at radius 3 is 2.58 bits per heavy atom. The van der Waals surface area contributed by atoms with Crippen molar-refractivity contribution in [2.75, 3.05) is 7.05 Å². The number of nitrogens with one attached hydrogen (secondary N) is 1. The van der Waals surface area contributed by atoms with Crippen LogP contribution in [0.2, 0.25) is 0 Å². The SMILES string of the molecule is CNC(c1ccc(F)cn1)c1c(Br)cnn1C(C)C. The molecule has 0 aliphatic carbocycles. The van der Waals surface area contributed by atoms with Crippen molar-refractivity contribution >= 4 is 15.9 Å². The fraction of sp³-hybridized carbons (Fsp3) is 0.385. The first-order chi connectivity index (χ1) is 9.04. The van der Waals surface area contributed by atoms with Crippen LogP contribution in [0.15, 0.2) is 29.0 Å². The molecule has 4 nitrogen and oxygen atoms in total. The van der Waals surface area contributed by atoms with Gasteiger partial charge in [0, 0.05) is 6.04 Å². The normalized spacial score (nSPS) is 12.9. The molecule has 1 atom stereocenters. The van der Waals surface area contributed by atoms with E-state index in [0.29, 0.717) is 0 Å². The minimum Gasteiger partial charge on any atom is -0.307 e. The zero-order chi connectivity index (χ0) is 14.0. The molecule has 6 heteroatoms. The van der Waals surface area contributed by atoms with E-state index in [4.69, 9.17) is 0 Å². The summed E-state index contributed by atoms with van der Waals surface area (Å²) in [7, 11) is 1.85. The van der Waals surface area contributed by atoms with E-state index in [1.165, 1.54) is 12.3 Å². The summed E-state index contributed by atoms with van der Waals surface area (Å²) in [5, 5.41) is 7.56. The van der Waals surface area contributed by atoms with Crippen molar-refractivity contribution in [3.63, 3.8) is 0 Å². The highest BCUT2D eigenvalue weighted by Gasteiger charge is 2.22. The third-order valence-corrected chi connectivity index (χ3v) is 3.50. The summed E-state index contributed by atoms with van der Waals surface area (Å²) in [4.78, 5) is 4.15. The standard InChI is InChI=1S/C13H16BrFN4/c1-8(2)19-13(10(14)7-18-19)12(16-3)11-5-4-9(15)6-17-11/h4-8,12,16H,1-3H3. The molecule has 0 saturated heterocycles. The lowest BCUT2D eigenvalue weighted by molar-refractivity contribution is 0.479.